The number of hydrogen-bond acceptors (Lipinski definition) is 3. The Balaban J connectivity index is 1.49. The SMILES string of the molecule is CN1CC2(CCN(C(=O)c3ccc4c(cnn4C)c3)CC2)C1. The average molecular weight is 298 g/mol. The fraction of sp³-hybridized carbons (Fsp3) is 0.529. The number of nitrogens with zero attached hydrogens (tertiary/aromatic N) is 4. The van der Waals surface area contributed by atoms with Crippen LogP contribution in [0.4, 0.5) is 0 Å². The highest BCUT2D eigenvalue weighted by atomic mass is 16.2. The van der Waals surface area contributed by atoms with Gasteiger partial charge in [-0.25, -0.2) is 0 Å². The van der Waals surface area contributed by atoms with E-state index in [9.17, 15) is 4.79 Å². The van der Waals surface area contributed by atoms with Gasteiger partial charge in [0.25, 0.3) is 5.91 Å². The van der Waals surface area contributed by atoms with Crippen LogP contribution in [-0.4, -0.2) is 58.7 Å². The van der Waals surface area contributed by atoms with Crippen LogP contribution in [0.3, 0.4) is 0 Å². The first kappa shape index (κ1) is 13.8. The van der Waals surface area contributed by atoms with Gasteiger partial charge in [0, 0.05) is 44.2 Å². The van der Waals surface area contributed by atoms with Crippen molar-refractivity contribution in [1.82, 2.24) is 19.6 Å². The summed E-state index contributed by atoms with van der Waals surface area (Å²) in [6.07, 6.45) is 4.10. The summed E-state index contributed by atoms with van der Waals surface area (Å²) in [5, 5.41) is 5.27. The second-order valence-corrected chi connectivity index (χ2v) is 7.01. The first-order valence-electron chi connectivity index (χ1n) is 7.96. The van der Waals surface area contributed by atoms with Crippen molar-refractivity contribution >= 4 is 16.8 Å². The molecule has 0 atom stereocenters. The van der Waals surface area contributed by atoms with Gasteiger partial charge < -0.3 is 9.80 Å². The Kier molecular flexibility index (Phi) is 3.01. The molecule has 0 aliphatic carbocycles. The first-order valence-corrected chi connectivity index (χ1v) is 7.96. The van der Waals surface area contributed by atoms with Crippen molar-refractivity contribution in [2.24, 2.45) is 12.5 Å². The number of hydrogen-bond donors (Lipinski definition) is 0. The second-order valence-electron chi connectivity index (χ2n) is 7.01. The molecule has 4 rings (SSSR count). The standard InChI is InChI=1S/C17H22N4O/c1-19-11-17(12-19)5-7-21(8-6-17)16(22)13-3-4-15-14(9-13)10-18-20(15)2/h3-4,9-10H,5-8,11-12H2,1-2H3. The molecule has 0 radical (unpaired) electrons. The smallest absolute Gasteiger partial charge is 0.253 e. The zero-order valence-corrected chi connectivity index (χ0v) is 13.2. The van der Waals surface area contributed by atoms with Gasteiger partial charge in [0.05, 0.1) is 11.7 Å². The monoisotopic (exact) mass is 298 g/mol. The van der Waals surface area contributed by atoms with Gasteiger partial charge in [0.2, 0.25) is 0 Å². The van der Waals surface area contributed by atoms with Crippen molar-refractivity contribution in [3.63, 3.8) is 0 Å². The maximum absolute atomic E-state index is 12.7. The minimum absolute atomic E-state index is 0.160. The van der Waals surface area contributed by atoms with Crippen molar-refractivity contribution < 1.29 is 4.79 Å². The van der Waals surface area contributed by atoms with Crippen LogP contribution in [0.1, 0.15) is 23.2 Å². The molecule has 3 heterocycles. The van der Waals surface area contributed by atoms with Gasteiger partial charge in [-0.1, -0.05) is 0 Å². The second kappa shape index (κ2) is 4.81. The van der Waals surface area contributed by atoms with Gasteiger partial charge in [-0.15, -0.1) is 0 Å². The molecule has 0 saturated carbocycles. The number of carbonyl (C=O) groups is 1. The summed E-state index contributed by atoms with van der Waals surface area (Å²) in [5.41, 5.74) is 2.33. The van der Waals surface area contributed by atoms with Crippen LogP contribution in [0.25, 0.3) is 10.9 Å². The molecule has 1 amide bonds. The van der Waals surface area contributed by atoms with E-state index in [2.05, 4.69) is 17.0 Å². The molecule has 116 valence electrons. The topological polar surface area (TPSA) is 41.4 Å². The third-order valence-corrected chi connectivity index (χ3v) is 5.32. The van der Waals surface area contributed by atoms with Crippen LogP contribution in [0.5, 0.6) is 0 Å². The van der Waals surface area contributed by atoms with Crippen LogP contribution in [0.15, 0.2) is 24.4 Å². The molecule has 1 aromatic heterocycles. The molecular formula is C17H22N4O. The molecule has 22 heavy (non-hydrogen) atoms. The van der Waals surface area contributed by atoms with Crippen molar-refractivity contribution in [3.8, 4) is 0 Å². The van der Waals surface area contributed by atoms with Gasteiger partial charge in [0.15, 0.2) is 0 Å². The van der Waals surface area contributed by atoms with Gasteiger partial charge in [-0.05, 0) is 43.5 Å². The van der Waals surface area contributed by atoms with E-state index in [0.29, 0.717) is 5.41 Å². The van der Waals surface area contributed by atoms with Crippen molar-refractivity contribution in [2.75, 3.05) is 33.2 Å². The number of fused-ring (bicyclic) bond motifs is 1. The maximum atomic E-state index is 12.7. The van der Waals surface area contributed by atoms with Gasteiger partial charge in [-0.2, -0.15) is 5.10 Å². The molecule has 2 fully saturated rings. The van der Waals surface area contributed by atoms with Gasteiger partial charge >= 0.3 is 0 Å². The molecular weight excluding hydrogens is 276 g/mol. The van der Waals surface area contributed by atoms with Crippen LogP contribution < -0.4 is 0 Å². The van der Waals surface area contributed by atoms with E-state index in [1.54, 1.807) is 0 Å². The largest absolute Gasteiger partial charge is 0.339 e. The number of rotatable bonds is 1. The summed E-state index contributed by atoms with van der Waals surface area (Å²) in [6.45, 7) is 4.16. The number of carbonyl (C=O) groups excluding carboxylic acids is 1. The Labute approximate surface area is 130 Å². The zero-order chi connectivity index (χ0) is 15.3. The Hall–Kier alpha value is -1.88. The van der Waals surface area contributed by atoms with E-state index in [0.717, 1.165) is 42.4 Å². The van der Waals surface area contributed by atoms with E-state index < -0.39 is 0 Å². The lowest BCUT2D eigenvalue weighted by Gasteiger charge is -2.52. The molecule has 2 aliphatic heterocycles. The third kappa shape index (κ3) is 2.11. The van der Waals surface area contributed by atoms with E-state index in [-0.39, 0.29) is 5.91 Å². The molecule has 0 bridgehead atoms. The number of aromatic nitrogens is 2. The van der Waals surface area contributed by atoms with Crippen LogP contribution >= 0.6 is 0 Å². The lowest BCUT2D eigenvalue weighted by atomic mass is 9.72. The average Bonchev–Trinajstić information content (AvgIpc) is 2.87. The summed E-state index contributed by atoms with van der Waals surface area (Å²) in [5.74, 6) is 0.160. The summed E-state index contributed by atoms with van der Waals surface area (Å²) in [6, 6.07) is 5.88. The minimum Gasteiger partial charge on any atom is -0.339 e. The van der Waals surface area contributed by atoms with Crippen LogP contribution in [-0.2, 0) is 7.05 Å². The van der Waals surface area contributed by atoms with Crippen LogP contribution in [0.2, 0.25) is 0 Å². The molecule has 1 spiro atoms. The minimum atomic E-state index is 0.160. The van der Waals surface area contributed by atoms with E-state index >= 15 is 0 Å². The normalized spacial score (nSPS) is 21.3. The molecule has 2 aromatic rings. The van der Waals surface area contributed by atoms with E-state index in [1.165, 1.54) is 13.1 Å². The quantitative estimate of drug-likeness (QED) is 0.805. The summed E-state index contributed by atoms with van der Waals surface area (Å²) in [4.78, 5) is 17.1. The third-order valence-electron chi connectivity index (χ3n) is 5.32. The molecule has 1 aromatic carbocycles. The van der Waals surface area contributed by atoms with Crippen LogP contribution in [0, 0.1) is 5.41 Å². The lowest BCUT2D eigenvalue weighted by molar-refractivity contribution is -0.0268. The predicted octanol–water partition coefficient (Wildman–Crippen LogP) is 1.74. The number of likely N-dealkylation sites (tertiary alicyclic amines) is 2. The molecule has 0 unspecified atom stereocenters. The highest BCUT2D eigenvalue weighted by Crippen LogP contribution is 2.39. The van der Waals surface area contributed by atoms with E-state index in [1.807, 2.05) is 41.0 Å². The highest BCUT2D eigenvalue weighted by molar-refractivity contribution is 5.98. The number of amides is 1. The highest BCUT2D eigenvalue weighted by Gasteiger charge is 2.43. The fourth-order valence-corrected chi connectivity index (χ4v) is 4.08. The lowest BCUT2D eigenvalue weighted by Crippen LogP contribution is -2.59. The van der Waals surface area contributed by atoms with Gasteiger partial charge in [-0.3, -0.25) is 9.48 Å². The van der Waals surface area contributed by atoms with Crippen molar-refractivity contribution in [2.45, 2.75) is 12.8 Å². The number of aryl methyl sites for hydroxylation is 1. The molecule has 0 N–H and O–H groups in total. The van der Waals surface area contributed by atoms with Gasteiger partial charge in [0.1, 0.15) is 0 Å². The summed E-state index contributed by atoms with van der Waals surface area (Å²) >= 11 is 0. The fourth-order valence-electron chi connectivity index (χ4n) is 4.08. The van der Waals surface area contributed by atoms with Crippen molar-refractivity contribution in [3.05, 3.63) is 30.0 Å². The Morgan fingerprint density at radius 3 is 2.59 bits per heavy atom. The molecule has 2 saturated heterocycles. The molecule has 2 aliphatic rings. The molecule has 5 heteroatoms. The predicted molar refractivity (Wildman–Crippen MR) is 85.8 cm³/mol. The number of benzene rings is 1. The molecule has 5 nitrogen and oxygen atoms in total. The summed E-state index contributed by atoms with van der Waals surface area (Å²) < 4.78 is 1.83. The first-order chi connectivity index (χ1) is 10.6. The van der Waals surface area contributed by atoms with E-state index in [4.69, 9.17) is 0 Å². The Morgan fingerprint density at radius 2 is 1.91 bits per heavy atom. The Morgan fingerprint density at radius 1 is 1.18 bits per heavy atom. The maximum Gasteiger partial charge on any atom is 0.253 e. The number of piperidine rings is 1. The zero-order valence-electron chi connectivity index (χ0n) is 13.2. The van der Waals surface area contributed by atoms with Crippen molar-refractivity contribution in [1.29, 1.82) is 0 Å². The summed E-state index contributed by atoms with van der Waals surface area (Å²) in [7, 11) is 4.09. The Bertz CT molecular complexity index is 719.